The zero-order valence-electron chi connectivity index (χ0n) is 13.0. The molecule has 0 aliphatic heterocycles. The van der Waals surface area contributed by atoms with E-state index in [1.807, 2.05) is 42.1 Å². The first-order valence-electron chi connectivity index (χ1n) is 7.83. The van der Waals surface area contributed by atoms with Crippen LogP contribution < -0.4 is 11.1 Å². The lowest BCUT2D eigenvalue weighted by atomic mass is 9.86. The molecule has 1 aliphatic rings. The van der Waals surface area contributed by atoms with E-state index in [-0.39, 0.29) is 5.91 Å². The van der Waals surface area contributed by atoms with E-state index in [0.717, 1.165) is 37.0 Å². The fourth-order valence-corrected chi connectivity index (χ4v) is 3.53. The second kappa shape index (κ2) is 7.32. The number of benzene rings is 1. The first-order valence-corrected chi connectivity index (χ1v) is 8.88. The van der Waals surface area contributed by atoms with Gasteiger partial charge in [-0.05, 0) is 37.0 Å². The van der Waals surface area contributed by atoms with Crippen LogP contribution in [0.3, 0.4) is 0 Å². The molecule has 0 radical (unpaired) electrons. The standard InChI is InChI=1S/C17H26N2OS/c1-3-13(2)21-12-11-17(16(18)20,19-15-9-10-15)14-7-5-4-6-8-14/h4-8,13,15,19H,3,9-12H2,1-2H3,(H2,18,20). The van der Waals surface area contributed by atoms with E-state index in [4.69, 9.17) is 5.73 Å². The number of nitrogens with one attached hydrogen (secondary N) is 1. The number of thioether (sulfide) groups is 1. The summed E-state index contributed by atoms with van der Waals surface area (Å²) in [4.78, 5) is 12.3. The second-order valence-electron chi connectivity index (χ2n) is 5.89. The number of carbonyl (C=O) groups is 1. The highest BCUT2D eigenvalue weighted by molar-refractivity contribution is 7.99. The molecule has 0 saturated heterocycles. The molecule has 1 aromatic rings. The third kappa shape index (κ3) is 4.24. The van der Waals surface area contributed by atoms with Crippen molar-refractivity contribution >= 4 is 17.7 Å². The van der Waals surface area contributed by atoms with Gasteiger partial charge in [-0.2, -0.15) is 11.8 Å². The number of hydrogen-bond donors (Lipinski definition) is 2. The van der Waals surface area contributed by atoms with E-state index in [1.165, 1.54) is 0 Å². The van der Waals surface area contributed by atoms with Crippen molar-refractivity contribution in [2.75, 3.05) is 5.75 Å². The average molecular weight is 306 g/mol. The van der Waals surface area contributed by atoms with Crippen LogP contribution >= 0.6 is 11.8 Å². The van der Waals surface area contributed by atoms with Gasteiger partial charge in [0.05, 0.1) is 0 Å². The van der Waals surface area contributed by atoms with Gasteiger partial charge in [0.1, 0.15) is 5.54 Å². The molecular weight excluding hydrogens is 280 g/mol. The Morgan fingerprint density at radius 3 is 2.62 bits per heavy atom. The van der Waals surface area contributed by atoms with Crippen LogP contribution in [-0.2, 0) is 10.3 Å². The number of hydrogen-bond acceptors (Lipinski definition) is 3. The summed E-state index contributed by atoms with van der Waals surface area (Å²) in [5, 5.41) is 4.14. The molecule has 4 heteroatoms. The minimum atomic E-state index is -0.719. The molecule has 1 amide bonds. The molecule has 2 atom stereocenters. The van der Waals surface area contributed by atoms with Gasteiger partial charge in [0.15, 0.2) is 0 Å². The van der Waals surface area contributed by atoms with Crippen LogP contribution in [0.25, 0.3) is 0 Å². The Kier molecular flexibility index (Phi) is 5.71. The van der Waals surface area contributed by atoms with Crippen LogP contribution in [0.1, 0.15) is 45.1 Å². The molecular formula is C17H26N2OS. The van der Waals surface area contributed by atoms with Gasteiger partial charge < -0.3 is 5.73 Å². The summed E-state index contributed by atoms with van der Waals surface area (Å²) in [5.41, 5.74) is 6.09. The van der Waals surface area contributed by atoms with Gasteiger partial charge in [-0.25, -0.2) is 0 Å². The van der Waals surface area contributed by atoms with Crippen molar-refractivity contribution in [3.8, 4) is 0 Å². The monoisotopic (exact) mass is 306 g/mol. The van der Waals surface area contributed by atoms with Gasteiger partial charge in [-0.1, -0.05) is 44.2 Å². The van der Waals surface area contributed by atoms with Gasteiger partial charge in [-0.15, -0.1) is 0 Å². The SMILES string of the molecule is CCC(C)SCCC(NC1CC1)(C(N)=O)c1ccccc1. The fourth-order valence-electron chi connectivity index (χ4n) is 2.47. The van der Waals surface area contributed by atoms with Crippen molar-refractivity contribution in [3.05, 3.63) is 35.9 Å². The Morgan fingerprint density at radius 2 is 2.10 bits per heavy atom. The molecule has 21 heavy (non-hydrogen) atoms. The van der Waals surface area contributed by atoms with Crippen molar-refractivity contribution < 1.29 is 4.79 Å². The quantitative estimate of drug-likeness (QED) is 0.737. The first kappa shape index (κ1) is 16.4. The molecule has 1 aromatic carbocycles. The van der Waals surface area contributed by atoms with Crippen LogP contribution in [0.5, 0.6) is 0 Å². The highest BCUT2D eigenvalue weighted by Crippen LogP contribution is 2.33. The minimum absolute atomic E-state index is 0.259. The lowest BCUT2D eigenvalue weighted by molar-refractivity contribution is -0.125. The Bertz CT molecular complexity index is 461. The van der Waals surface area contributed by atoms with Crippen LogP contribution in [0, 0.1) is 0 Å². The third-order valence-corrected chi connectivity index (χ3v) is 5.51. The predicted molar refractivity (Wildman–Crippen MR) is 90.3 cm³/mol. The molecule has 0 aromatic heterocycles. The predicted octanol–water partition coefficient (Wildman–Crippen LogP) is 3.04. The minimum Gasteiger partial charge on any atom is -0.368 e. The topological polar surface area (TPSA) is 55.1 Å². The first-order chi connectivity index (χ1) is 10.1. The van der Waals surface area contributed by atoms with Gasteiger partial charge in [0.25, 0.3) is 0 Å². The van der Waals surface area contributed by atoms with Crippen molar-refractivity contribution in [3.63, 3.8) is 0 Å². The van der Waals surface area contributed by atoms with E-state index < -0.39 is 5.54 Å². The maximum Gasteiger partial charge on any atom is 0.242 e. The van der Waals surface area contributed by atoms with E-state index >= 15 is 0 Å². The number of rotatable bonds is 9. The highest BCUT2D eigenvalue weighted by Gasteiger charge is 2.42. The van der Waals surface area contributed by atoms with Crippen molar-refractivity contribution in [1.82, 2.24) is 5.32 Å². The largest absolute Gasteiger partial charge is 0.368 e. The van der Waals surface area contributed by atoms with E-state index in [0.29, 0.717) is 11.3 Å². The molecule has 3 nitrogen and oxygen atoms in total. The summed E-state index contributed by atoms with van der Waals surface area (Å²) in [6.45, 7) is 4.42. The number of nitrogens with two attached hydrogens (primary N) is 1. The second-order valence-corrected chi connectivity index (χ2v) is 7.44. The molecule has 0 bridgehead atoms. The maximum atomic E-state index is 12.3. The highest BCUT2D eigenvalue weighted by atomic mass is 32.2. The Balaban J connectivity index is 2.17. The summed E-state index contributed by atoms with van der Waals surface area (Å²) < 4.78 is 0. The molecule has 1 fully saturated rings. The smallest absolute Gasteiger partial charge is 0.242 e. The van der Waals surface area contributed by atoms with E-state index in [2.05, 4.69) is 19.2 Å². The van der Waals surface area contributed by atoms with Crippen LogP contribution in [-0.4, -0.2) is 23.0 Å². The van der Waals surface area contributed by atoms with E-state index in [1.54, 1.807) is 0 Å². The Hall–Kier alpha value is -1.00. The zero-order valence-corrected chi connectivity index (χ0v) is 13.8. The maximum absolute atomic E-state index is 12.3. The molecule has 2 rings (SSSR count). The zero-order chi connectivity index (χ0) is 15.3. The lowest BCUT2D eigenvalue weighted by Crippen LogP contribution is -2.54. The number of amides is 1. The molecule has 3 N–H and O–H groups in total. The summed E-state index contributed by atoms with van der Waals surface area (Å²) in [6, 6.07) is 10.4. The molecule has 1 aliphatic carbocycles. The summed E-state index contributed by atoms with van der Waals surface area (Å²) >= 11 is 1.92. The third-order valence-electron chi connectivity index (χ3n) is 4.17. The lowest BCUT2D eigenvalue weighted by Gasteiger charge is -2.33. The summed E-state index contributed by atoms with van der Waals surface area (Å²) in [7, 11) is 0. The van der Waals surface area contributed by atoms with Gasteiger partial charge >= 0.3 is 0 Å². The van der Waals surface area contributed by atoms with Crippen molar-refractivity contribution in [2.45, 2.75) is 56.4 Å². The average Bonchev–Trinajstić information content (AvgIpc) is 3.30. The molecule has 0 heterocycles. The molecule has 0 spiro atoms. The van der Waals surface area contributed by atoms with Gasteiger partial charge in [-0.3, -0.25) is 10.1 Å². The van der Waals surface area contributed by atoms with Crippen molar-refractivity contribution in [2.24, 2.45) is 5.73 Å². The van der Waals surface area contributed by atoms with Gasteiger partial charge in [0.2, 0.25) is 5.91 Å². The summed E-state index contributed by atoms with van der Waals surface area (Å²) in [6.07, 6.45) is 4.17. The van der Waals surface area contributed by atoms with Crippen molar-refractivity contribution in [1.29, 1.82) is 0 Å². The Labute approximate surface area is 132 Å². The van der Waals surface area contributed by atoms with Crippen LogP contribution in [0.4, 0.5) is 0 Å². The molecule has 2 unspecified atom stereocenters. The van der Waals surface area contributed by atoms with Crippen LogP contribution in [0.15, 0.2) is 30.3 Å². The Morgan fingerprint density at radius 1 is 1.43 bits per heavy atom. The number of carbonyl (C=O) groups excluding carboxylic acids is 1. The number of primary amides is 1. The van der Waals surface area contributed by atoms with E-state index in [9.17, 15) is 4.79 Å². The fraction of sp³-hybridized carbons (Fsp3) is 0.588. The van der Waals surface area contributed by atoms with Gasteiger partial charge in [0, 0.05) is 11.3 Å². The molecule has 116 valence electrons. The van der Waals surface area contributed by atoms with Crippen LogP contribution in [0.2, 0.25) is 0 Å². The summed E-state index contributed by atoms with van der Waals surface area (Å²) in [5.74, 6) is 0.678. The molecule has 1 saturated carbocycles. The normalized spacial score (nSPS) is 19.0.